The Kier molecular flexibility index (Phi) is 6.95. The van der Waals surface area contributed by atoms with Gasteiger partial charge in [0.1, 0.15) is 0 Å². The Hall–Kier alpha value is -2.19. The minimum atomic E-state index is -0.419. The summed E-state index contributed by atoms with van der Waals surface area (Å²) in [6.45, 7) is 0.232. The van der Waals surface area contributed by atoms with Crippen molar-refractivity contribution in [3.63, 3.8) is 0 Å². The lowest BCUT2D eigenvalue weighted by molar-refractivity contribution is -0.141. The van der Waals surface area contributed by atoms with Gasteiger partial charge in [-0.15, -0.1) is 11.3 Å². The molecule has 0 bridgehead atoms. The molecule has 2 aromatic rings. The highest BCUT2D eigenvalue weighted by Crippen LogP contribution is 2.22. The van der Waals surface area contributed by atoms with E-state index in [1.165, 1.54) is 29.8 Å². The van der Waals surface area contributed by atoms with Gasteiger partial charge in [0.15, 0.2) is 0 Å². The van der Waals surface area contributed by atoms with Gasteiger partial charge in [0, 0.05) is 28.8 Å². The molecule has 128 valence electrons. The maximum absolute atomic E-state index is 12.1. The Morgan fingerprint density at radius 3 is 2.71 bits per heavy atom. The molecule has 1 atom stereocenters. The summed E-state index contributed by atoms with van der Waals surface area (Å²) in [5.74, 6) is -0.823. The topological polar surface area (TPSA) is 84.5 Å². The number of carbonyl (C=O) groups is 3. The molecule has 2 heterocycles. The lowest BCUT2D eigenvalue weighted by atomic mass is 10.1. The Balaban J connectivity index is 1.82. The fourth-order valence-corrected chi connectivity index (χ4v) is 3.43. The number of esters is 1. The second-order valence-electron chi connectivity index (χ2n) is 4.93. The van der Waals surface area contributed by atoms with E-state index in [4.69, 9.17) is 0 Å². The van der Waals surface area contributed by atoms with E-state index < -0.39 is 6.04 Å². The number of ether oxygens (including phenoxy) is 1. The van der Waals surface area contributed by atoms with Crippen LogP contribution in [0.4, 0.5) is 0 Å². The molecule has 2 N–H and O–H groups in total. The maximum Gasteiger partial charge on any atom is 0.307 e. The molecule has 2 rings (SSSR count). The van der Waals surface area contributed by atoms with Crippen molar-refractivity contribution in [2.75, 3.05) is 13.7 Å². The predicted octanol–water partition coefficient (Wildman–Crippen LogP) is 2.35. The average molecular weight is 366 g/mol. The molecule has 0 saturated carbocycles. The van der Waals surface area contributed by atoms with Crippen LogP contribution in [-0.4, -0.2) is 31.4 Å². The van der Waals surface area contributed by atoms with Gasteiger partial charge in [-0.3, -0.25) is 14.4 Å². The monoisotopic (exact) mass is 366 g/mol. The number of thiophene rings is 2. The van der Waals surface area contributed by atoms with Gasteiger partial charge >= 0.3 is 5.97 Å². The molecule has 0 aliphatic rings. The highest BCUT2D eigenvalue weighted by atomic mass is 32.1. The second kappa shape index (κ2) is 9.19. The molecule has 0 aliphatic carbocycles. The van der Waals surface area contributed by atoms with Crippen molar-refractivity contribution in [1.82, 2.24) is 10.6 Å². The molecule has 24 heavy (non-hydrogen) atoms. The third-order valence-electron chi connectivity index (χ3n) is 3.24. The SMILES string of the molecule is COC(=O)CC(NC(=O)CCNC(=O)c1ccsc1)c1cccs1. The summed E-state index contributed by atoms with van der Waals surface area (Å²) in [7, 11) is 1.32. The first-order valence-electron chi connectivity index (χ1n) is 7.30. The zero-order valence-corrected chi connectivity index (χ0v) is 14.7. The van der Waals surface area contributed by atoms with E-state index in [0.29, 0.717) is 5.56 Å². The van der Waals surface area contributed by atoms with Gasteiger partial charge in [0.25, 0.3) is 5.91 Å². The van der Waals surface area contributed by atoms with Crippen LogP contribution in [0.15, 0.2) is 34.3 Å². The standard InChI is InChI=1S/C16H18N2O4S2/c1-22-15(20)9-12(13-3-2-7-24-13)18-14(19)4-6-17-16(21)11-5-8-23-10-11/h2-3,5,7-8,10,12H,4,6,9H2,1H3,(H,17,21)(H,18,19). The van der Waals surface area contributed by atoms with Gasteiger partial charge in [-0.2, -0.15) is 11.3 Å². The van der Waals surface area contributed by atoms with E-state index in [-0.39, 0.29) is 37.2 Å². The first-order chi connectivity index (χ1) is 11.6. The van der Waals surface area contributed by atoms with E-state index in [9.17, 15) is 14.4 Å². The lowest BCUT2D eigenvalue weighted by Gasteiger charge is -2.16. The van der Waals surface area contributed by atoms with Crippen LogP contribution in [0.2, 0.25) is 0 Å². The van der Waals surface area contributed by atoms with Gasteiger partial charge in [-0.25, -0.2) is 0 Å². The molecule has 8 heteroatoms. The number of amides is 2. The van der Waals surface area contributed by atoms with Crippen LogP contribution in [0.3, 0.4) is 0 Å². The Bertz CT molecular complexity index is 668. The van der Waals surface area contributed by atoms with Gasteiger partial charge in [-0.1, -0.05) is 6.07 Å². The average Bonchev–Trinajstić information content (AvgIpc) is 3.27. The molecule has 2 aromatic heterocycles. The normalized spacial score (nSPS) is 11.5. The lowest BCUT2D eigenvalue weighted by Crippen LogP contribution is -2.33. The van der Waals surface area contributed by atoms with E-state index in [1.54, 1.807) is 11.4 Å². The van der Waals surface area contributed by atoms with Crippen LogP contribution in [0.5, 0.6) is 0 Å². The van der Waals surface area contributed by atoms with Gasteiger partial charge in [-0.05, 0) is 22.9 Å². The van der Waals surface area contributed by atoms with Crippen molar-refractivity contribution in [3.05, 3.63) is 44.8 Å². The maximum atomic E-state index is 12.1. The first-order valence-corrected chi connectivity index (χ1v) is 9.12. The summed E-state index contributed by atoms with van der Waals surface area (Å²) in [4.78, 5) is 36.3. The fraction of sp³-hybridized carbons (Fsp3) is 0.312. The zero-order chi connectivity index (χ0) is 17.4. The van der Waals surface area contributed by atoms with Crippen LogP contribution in [0, 0.1) is 0 Å². The van der Waals surface area contributed by atoms with Crippen molar-refractivity contribution >= 4 is 40.5 Å². The number of methoxy groups -OCH3 is 1. The number of rotatable bonds is 8. The molecule has 0 radical (unpaired) electrons. The van der Waals surface area contributed by atoms with Crippen molar-refractivity contribution in [3.8, 4) is 0 Å². The highest BCUT2D eigenvalue weighted by molar-refractivity contribution is 7.10. The smallest absolute Gasteiger partial charge is 0.307 e. The van der Waals surface area contributed by atoms with Crippen molar-refractivity contribution in [1.29, 1.82) is 0 Å². The third-order valence-corrected chi connectivity index (χ3v) is 4.91. The van der Waals surface area contributed by atoms with E-state index in [1.807, 2.05) is 22.9 Å². The molecule has 6 nitrogen and oxygen atoms in total. The Morgan fingerprint density at radius 2 is 2.08 bits per heavy atom. The van der Waals surface area contributed by atoms with Crippen LogP contribution in [0.25, 0.3) is 0 Å². The van der Waals surface area contributed by atoms with Gasteiger partial charge in [0.05, 0.1) is 19.6 Å². The van der Waals surface area contributed by atoms with Gasteiger partial charge < -0.3 is 15.4 Å². The van der Waals surface area contributed by atoms with Crippen LogP contribution >= 0.6 is 22.7 Å². The van der Waals surface area contributed by atoms with Gasteiger partial charge in [0.2, 0.25) is 5.91 Å². The molecular weight excluding hydrogens is 348 g/mol. The van der Waals surface area contributed by atoms with E-state index in [0.717, 1.165) is 4.88 Å². The number of hydrogen-bond donors (Lipinski definition) is 2. The Morgan fingerprint density at radius 1 is 1.25 bits per heavy atom. The molecule has 2 amide bonds. The van der Waals surface area contributed by atoms with Crippen molar-refractivity contribution in [2.45, 2.75) is 18.9 Å². The number of carbonyl (C=O) groups excluding carboxylic acids is 3. The molecule has 0 spiro atoms. The van der Waals surface area contributed by atoms with Crippen molar-refractivity contribution < 1.29 is 19.1 Å². The summed E-state index contributed by atoms with van der Waals surface area (Å²) in [6.07, 6.45) is 0.211. The quantitative estimate of drug-likeness (QED) is 0.703. The minimum absolute atomic E-state index is 0.0734. The largest absolute Gasteiger partial charge is 0.469 e. The van der Waals surface area contributed by atoms with Crippen LogP contribution < -0.4 is 10.6 Å². The summed E-state index contributed by atoms with van der Waals surface area (Å²) in [5, 5.41) is 11.0. The molecule has 0 saturated heterocycles. The highest BCUT2D eigenvalue weighted by Gasteiger charge is 2.19. The van der Waals surface area contributed by atoms with E-state index in [2.05, 4.69) is 15.4 Å². The fourth-order valence-electron chi connectivity index (χ4n) is 2.01. The van der Waals surface area contributed by atoms with Crippen LogP contribution in [0.1, 0.15) is 34.1 Å². The molecule has 0 aliphatic heterocycles. The van der Waals surface area contributed by atoms with Crippen LogP contribution in [-0.2, 0) is 14.3 Å². The molecule has 1 unspecified atom stereocenters. The number of nitrogens with one attached hydrogen (secondary N) is 2. The predicted molar refractivity (Wildman–Crippen MR) is 93.1 cm³/mol. The zero-order valence-electron chi connectivity index (χ0n) is 13.1. The summed E-state index contributed by atoms with van der Waals surface area (Å²) in [5.41, 5.74) is 0.586. The first kappa shape index (κ1) is 18.2. The molecule has 0 aromatic carbocycles. The van der Waals surface area contributed by atoms with Crippen molar-refractivity contribution in [2.24, 2.45) is 0 Å². The van der Waals surface area contributed by atoms with E-state index >= 15 is 0 Å². The Labute approximate surface area is 147 Å². The summed E-state index contributed by atoms with van der Waals surface area (Å²) in [6, 6.07) is 5.02. The molecular formula is C16H18N2O4S2. The second-order valence-corrected chi connectivity index (χ2v) is 6.69. The summed E-state index contributed by atoms with van der Waals surface area (Å²) < 4.78 is 4.67. The minimum Gasteiger partial charge on any atom is -0.469 e. The third kappa shape index (κ3) is 5.47. The number of hydrogen-bond acceptors (Lipinski definition) is 6. The molecule has 0 fully saturated rings. The summed E-state index contributed by atoms with van der Waals surface area (Å²) >= 11 is 2.90.